The van der Waals surface area contributed by atoms with Gasteiger partial charge in [-0.2, -0.15) is 0 Å². The Kier molecular flexibility index (Phi) is 7.32. The molecule has 1 aliphatic heterocycles. The molecule has 10 nitrogen and oxygen atoms in total. The summed E-state index contributed by atoms with van der Waals surface area (Å²) in [7, 11) is 0. The third-order valence-electron chi connectivity index (χ3n) is 5.88. The van der Waals surface area contributed by atoms with E-state index in [4.69, 9.17) is 14.2 Å². The number of carbonyl (C=O) groups excluding carboxylic acids is 5. The summed E-state index contributed by atoms with van der Waals surface area (Å²) >= 11 is 0. The van der Waals surface area contributed by atoms with E-state index in [9.17, 15) is 24.0 Å². The molecule has 2 atom stereocenters. The zero-order valence-electron chi connectivity index (χ0n) is 18.5. The molecule has 0 spiro atoms. The van der Waals surface area contributed by atoms with E-state index in [1.807, 2.05) is 0 Å². The van der Waals surface area contributed by atoms with Crippen LogP contribution in [0.3, 0.4) is 0 Å². The van der Waals surface area contributed by atoms with E-state index in [0.29, 0.717) is 18.4 Å². The molecular weight excluding hydrogens is 420 g/mol. The molecule has 3 rings (SSSR count). The predicted molar refractivity (Wildman–Crippen MR) is 109 cm³/mol. The van der Waals surface area contributed by atoms with Crippen molar-refractivity contribution in [3.8, 4) is 0 Å². The second-order valence-corrected chi connectivity index (χ2v) is 7.84. The number of imide groups is 1. The van der Waals surface area contributed by atoms with Gasteiger partial charge in [0.1, 0.15) is 18.8 Å². The SMILES string of the molecule is CCOC(=O)c1[nH]c(COC(=O)CN2C(=O)[C@@H]3CCCC[C@H]3C2=O)c(C(=O)OCC)c1C. The van der Waals surface area contributed by atoms with Crippen molar-refractivity contribution >= 4 is 29.7 Å². The maximum absolute atomic E-state index is 12.5. The third-order valence-corrected chi connectivity index (χ3v) is 5.88. The summed E-state index contributed by atoms with van der Waals surface area (Å²) in [5.41, 5.74) is 0.643. The number of nitrogens with one attached hydrogen (secondary N) is 1. The molecule has 2 fully saturated rings. The smallest absolute Gasteiger partial charge is 0.355 e. The maximum atomic E-state index is 12.5. The highest BCUT2D eigenvalue weighted by molar-refractivity contribution is 6.07. The first-order chi connectivity index (χ1) is 15.3. The van der Waals surface area contributed by atoms with Gasteiger partial charge >= 0.3 is 17.9 Å². The van der Waals surface area contributed by atoms with Gasteiger partial charge in [-0.05, 0) is 39.2 Å². The van der Waals surface area contributed by atoms with Gasteiger partial charge in [-0.15, -0.1) is 0 Å². The summed E-state index contributed by atoms with van der Waals surface area (Å²) in [4.78, 5) is 65.8. The van der Waals surface area contributed by atoms with Gasteiger partial charge in [0.25, 0.3) is 0 Å². The Morgan fingerprint density at radius 1 is 0.938 bits per heavy atom. The fraction of sp³-hybridized carbons (Fsp3) is 0.591. The molecule has 2 heterocycles. The summed E-state index contributed by atoms with van der Waals surface area (Å²) in [6.45, 7) is 4.29. The van der Waals surface area contributed by atoms with Crippen molar-refractivity contribution in [2.75, 3.05) is 19.8 Å². The van der Waals surface area contributed by atoms with Gasteiger partial charge < -0.3 is 19.2 Å². The Morgan fingerprint density at radius 2 is 1.50 bits per heavy atom. The highest BCUT2D eigenvalue weighted by atomic mass is 16.5. The highest BCUT2D eigenvalue weighted by Crippen LogP contribution is 2.37. The van der Waals surface area contributed by atoms with Crippen LogP contribution in [0.25, 0.3) is 0 Å². The Labute approximate surface area is 185 Å². The number of aromatic amines is 1. The van der Waals surface area contributed by atoms with E-state index in [-0.39, 0.29) is 60.4 Å². The van der Waals surface area contributed by atoms with Crippen LogP contribution in [0.2, 0.25) is 0 Å². The van der Waals surface area contributed by atoms with Crippen LogP contribution in [-0.2, 0) is 35.2 Å². The molecule has 0 aromatic carbocycles. The van der Waals surface area contributed by atoms with Gasteiger partial charge in [0.15, 0.2) is 0 Å². The van der Waals surface area contributed by atoms with E-state index in [1.165, 1.54) is 0 Å². The fourth-order valence-corrected chi connectivity index (χ4v) is 4.37. The number of rotatable bonds is 8. The molecule has 1 N–H and O–H groups in total. The molecular formula is C22H28N2O8. The Balaban J connectivity index is 1.71. The maximum Gasteiger partial charge on any atom is 0.355 e. The molecule has 174 valence electrons. The van der Waals surface area contributed by atoms with Crippen LogP contribution < -0.4 is 0 Å². The summed E-state index contributed by atoms with van der Waals surface area (Å²) < 4.78 is 15.3. The number of amides is 2. The van der Waals surface area contributed by atoms with Crippen LogP contribution in [0.1, 0.15) is 71.6 Å². The number of likely N-dealkylation sites (tertiary alicyclic amines) is 1. The first-order valence-corrected chi connectivity index (χ1v) is 10.9. The molecule has 0 radical (unpaired) electrons. The van der Waals surface area contributed by atoms with Crippen molar-refractivity contribution in [3.05, 3.63) is 22.5 Å². The minimum absolute atomic E-state index is 0.0647. The number of carbonyl (C=O) groups is 5. The van der Waals surface area contributed by atoms with E-state index in [2.05, 4.69) is 4.98 Å². The van der Waals surface area contributed by atoms with Gasteiger partial charge in [0.05, 0.1) is 36.3 Å². The third kappa shape index (κ3) is 4.53. The van der Waals surface area contributed by atoms with Crippen LogP contribution in [0, 0.1) is 18.8 Å². The zero-order valence-corrected chi connectivity index (χ0v) is 18.5. The lowest BCUT2D eigenvalue weighted by Gasteiger charge is -2.19. The van der Waals surface area contributed by atoms with Crippen LogP contribution in [0.5, 0.6) is 0 Å². The lowest BCUT2D eigenvalue weighted by atomic mass is 9.81. The second-order valence-electron chi connectivity index (χ2n) is 7.84. The van der Waals surface area contributed by atoms with Gasteiger partial charge in [0, 0.05) is 0 Å². The monoisotopic (exact) mass is 448 g/mol. The van der Waals surface area contributed by atoms with Crippen molar-refractivity contribution in [1.29, 1.82) is 0 Å². The fourth-order valence-electron chi connectivity index (χ4n) is 4.37. The zero-order chi connectivity index (χ0) is 23.4. The first kappa shape index (κ1) is 23.5. The molecule has 1 aromatic heterocycles. The molecule has 10 heteroatoms. The average molecular weight is 448 g/mol. The molecule has 2 aliphatic rings. The molecule has 1 saturated carbocycles. The number of ether oxygens (including phenoxy) is 3. The Bertz CT molecular complexity index is 911. The first-order valence-electron chi connectivity index (χ1n) is 10.9. The molecule has 2 amide bonds. The van der Waals surface area contributed by atoms with Gasteiger partial charge in [-0.3, -0.25) is 19.3 Å². The lowest BCUT2D eigenvalue weighted by molar-refractivity contribution is -0.153. The standard InChI is InChI=1S/C22H28N2O8/c1-4-30-21(28)17-12(3)18(22(29)31-5-2)23-15(17)11-32-16(25)10-24-19(26)13-8-6-7-9-14(13)20(24)27/h13-14,23H,4-11H2,1-3H3/t13-,14-/m1/s1. The second kappa shape index (κ2) is 9.97. The largest absolute Gasteiger partial charge is 0.462 e. The number of hydrogen-bond donors (Lipinski definition) is 1. The van der Waals surface area contributed by atoms with Crippen LogP contribution in [-0.4, -0.2) is 59.4 Å². The van der Waals surface area contributed by atoms with Crippen LogP contribution in [0.15, 0.2) is 0 Å². The highest BCUT2D eigenvalue weighted by Gasteiger charge is 2.48. The van der Waals surface area contributed by atoms with Gasteiger partial charge in [0.2, 0.25) is 11.8 Å². The number of H-pyrrole nitrogens is 1. The average Bonchev–Trinajstić information content (AvgIpc) is 3.22. The molecule has 0 unspecified atom stereocenters. The number of fused-ring (bicyclic) bond motifs is 1. The summed E-state index contributed by atoms with van der Waals surface area (Å²) in [6, 6.07) is 0. The summed E-state index contributed by atoms with van der Waals surface area (Å²) in [5, 5.41) is 0. The van der Waals surface area contributed by atoms with Crippen molar-refractivity contribution in [2.24, 2.45) is 11.8 Å². The van der Waals surface area contributed by atoms with E-state index >= 15 is 0 Å². The van der Waals surface area contributed by atoms with Crippen molar-refractivity contribution in [3.63, 3.8) is 0 Å². The van der Waals surface area contributed by atoms with Crippen LogP contribution in [0.4, 0.5) is 0 Å². The van der Waals surface area contributed by atoms with E-state index in [1.54, 1.807) is 20.8 Å². The van der Waals surface area contributed by atoms with E-state index in [0.717, 1.165) is 17.7 Å². The molecule has 32 heavy (non-hydrogen) atoms. The number of aromatic nitrogens is 1. The Morgan fingerprint density at radius 3 is 2.06 bits per heavy atom. The van der Waals surface area contributed by atoms with Gasteiger partial charge in [-0.1, -0.05) is 12.8 Å². The predicted octanol–water partition coefficient (Wildman–Crippen LogP) is 1.89. The Hall–Kier alpha value is -3.17. The van der Waals surface area contributed by atoms with Gasteiger partial charge in [-0.25, -0.2) is 9.59 Å². The quantitative estimate of drug-likeness (QED) is 0.362. The van der Waals surface area contributed by atoms with Crippen molar-refractivity contribution in [1.82, 2.24) is 9.88 Å². The number of nitrogens with zero attached hydrogens (tertiary/aromatic N) is 1. The van der Waals surface area contributed by atoms with Crippen molar-refractivity contribution in [2.45, 2.75) is 53.1 Å². The van der Waals surface area contributed by atoms with E-state index < -0.39 is 24.5 Å². The van der Waals surface area contributed by atoms with Crippen LogP contribution >= 0.6 is 0 Å². The molecule has 1 saturated heterocycles. The lowest BCUT2D eigenvalue weighted by Crippen LogP contribution is -2.36. The number of esters is 3. The topological polar surface area (TPSA) is 132 Å². The normalized spacial score (nSPS) is 20.2. The summed E-state index contributed by atoms with van der Waals surface area (Å²) in [6.07, 6.45) is 3.10. The minimum atomic E-state index is -0.787. The molecule has 0 bridgehead atoms. The summed E-state index contributed by atoms with van der Waals surface area (Å²) in [5.74, 6) is -3.46. The number of hydrogen-bond acceptors (Lipinski definition) is 8. The molecule has 1 aliphatic carbocycles. The van der Waals surface area contributed by atoms with Crippen molar-refractivity contribution < 1.29 is 38.2 Å². The molecule has 1 aromatic rings. The minimum Gasteiger partial charge on any atom is -0.462 e.